The Morgan fingerprint density at radius 3 is 2.38 bits per heavy atom. The van der Waals surface area contributed by atoms with Crippen LogP contribution in [0, 0.1) is 0 Å². The van der Waals surface area contributed by atoms with E-state index in [0.29, 0.717) is 17.1 Å². The second kappa shape index (κ2) is 7.52. The van der Waals surface area contributed by atoms with E-state index in [0.717, 1.165) is 15.1 Å². The summed E-state index contributed by atoms with van der Waals surface area (Å²) >= 11 is 4.90. The Morgan fingerprint density at radius 1 is 1.10 bits per heavy atom. The molecule has 3 nitrogen and oxygen atoms in total. The highest BCUT2D eigenvalue weighted by Crippen LogP contribution is 2.27. The first-order chi connectivity index (χ1) is 10.1. The second-order valence-electron chi connectivity index (χ2n) is 4.24. The maximum absolute atomic E-state index is 12.2. The minimum Gasteiger partial charge on any atom is -0.497 e. The van der Waals surface area contributed by atoms with Gasteiger partial charge in [0.1, 0.15) is 11.5 Å². The summed E-state index contributed by atoms with van der Waals surface area (Å²) in [6.45, 7) is 0. The molecule has 0 atom stereocenters. The van der Waals surface area contributed by atoms with E-state index >= 15 is 0 Å². The van der Waals surface area contributed by atoms with Crippen LogP contribution in [-0.4, -0.2) is 25.8 Å². The van der Waals surface area contributed by atoms with Crippen molar-refractivity contribution in [3.63, 3.8) is 0 Å². The lowest BCUT2D eigenvalue weighted by molar-refractivity contribution is 0.102. The van der Waals surface area contributed by atoms with Crippen molar-refractivity contribution in [3.8, 4) is 11.5 Å². The number of ether oxygens (including phenoxy) is 2. The normalized spacial score (nSPS) is 10.2. The highest BCUT2D eigenvalue weighted by molar-refractivity contribution is 9.10. The van der Waals surface area contributed by atoms with Gasteiger partial charge in [0.05, 0.1) is 24.4 Å². The molecular formula is C16H15BrO3S. The topological polar surface area (TPSA) is 35.5 Å². The van der Waals surface area contributed by atoms with Crippen LogP contribution in [0.3, 0.4) is 0 Å². The zero-order chi connectivity index (χ0) is 15.2. The highest BCUT2D eigenvalue weighted by atomic mass is 79.9. The summed E-state index contributed by atoms with van der Waals surface area (Å²) in [5, 5.41) is 0. The number of carbonyl (C=O) groups is 1. The van der Waals surface area contributed by atoms with Gasteiger partial charge >= 0.3 is 0 Å². The monoisotopic (exact) mass is 366 g/mol. The molecule has 0 amide bonds. The van der Waals surface area contributed by atoms with Crippen LogP contribution >= 0.6 is 27.7 Å². The molecule has 0 spiro atoms. The third-order valence-electron chi connectivity index (χ3n) is 2.90. The molecule has 0 saturated carbocycles. The van der Waals surface area contributed by atoms with Crippen molar-refractivity contribution < 1.29 is 14.3 Å². The quantitative estimate of drug-likeness (QED) is 0.559. The predicted octanol–water partition coefficient (Wildman–Crippen LogP) is 4.44. The summed E-state index contributed by atoms with van der Waals surface area (Å²) in [5.41, 5.74) is 0.670. The molecule has 0 N–H and O–H groups in total. The summed E-state index contributed by atoms with van der Waals surface area (Å²) in [7, 11) is 3.23. The van der Waals surface area contributed by atoms with Crippen LogP contribution in [-0.2, 0) is 0 Å². The molecule has 0 aliphatic carbocycles. The van der Waals surface area contributed by atoms with Crippen molar-refractivity contribution in [1.82, 2.24) is 0 Å². The van der Waals surface area contributed by atoms with E-state index in [9.17, 15) is 4.79 Å². The average molecular weight is 367 g/mol. The van der Waals surface area contributed by atoms with Gasteiger partial charge in [-0.25, -0.2) is 0 Å². The highest BCUT2D eigenvalue weighted by Gasteiger charge is 2.09. The van der Waals surface area contributed by atoms with Crippen molar-refractivity contribution in [2.45, 2.75) is 4.90 Å². The van der Waals surface area contributed by atoms with Crippen molar-refractivity contribution in [2.75, 3.05) is 20.0 Å². The molecule has 0 heterocycles. The summed E-state index contributed by atoms with van der Waals surface area (Å²) < 4.78 is 11.0. The molecule has 0 fully saturated rings. The van der Waals surface area contributed by atoms with Crippen LogP contribution in [0.1, 0.15) is 10.4 Å². The Bertz CT molecular complexity index is 626. The Hall–Kier alpha value is -1.46. The first-order valence-corrected chi connectivity index (χ1v) is 8.05. The van der Waals surface area contributed by atoms with Crippen LogP contribution in [0.2, 0.25) is 0 Å². The number of carbonyl (C=O) groups excluding carboxylic acids is 1. The number of thioether (sulfide) groups is 1. The van der Waals surface area contributed by atoms with E-state index in [1.54, 1.807) is 32.4 Å². The molecule has 0 radical (unpaired) electrons. The van der Waals surface area contributed by atoms with Gasteiger partial charge in [0, 0.05) is 10.5 Å². The fourth-order valence-electron chi connectivity index (χ4n) is 1.74. The Morgan fingerprint density at radius 2 is 1.81 bits per heavy atom. The van der Waals surface area contributed by atoms with Gasteiger partial charge in [0.2, 0.25) is 0 Å². The summed E-state index contributed by atoms with van der Waals surface area (Å²) in [6, 6.07) is 13.0. The first kappa shape index (κ1) is 15.9. The van der Waals surface area contributed by atoms with Crippen LogP contribution in [0.4, 0.5) is 0 Å². The molecule has 0 aromatic heterocycles. The number of methoxy groups -OCH3 is 2. The number of halogens is 1. The third kappa shape index (κ3) is 4.25. The minimum atomic E-state index is 0.0826. The molecule has 0 aliphatic heterocycles. The number of benzene rings is 2. The van der Waals surface area contributed by atoms with Crippen molar-refractivity contribution in [2.24, 2.45) is 0 Å². The van der Waals surface area contributed by atoms with E-state index in [1.807, 2.05) is 24.3 Å². The van der Waals surface area contributed by atoms with Gasteiger partial charge in [-0.15, -0.1) is 11.8 Å². The van der Waals surface area contributed by atoms with E-state index < -0.39 is 0 Å². The van der Waals surface area contributed by atoms with Gasteiger partial charge < -0.3 is 9.47 Å². The number of rotatable bonds is 6. The largest absolute Gasteiger partial charge is 0.497 e. The molecule has 5 heteroatoms. The lowest BCUT2D eigenvalue weighted by atomic mass is 10.1. The Balaban J connectivity index is 1.99. The summed E-state index contributed by atoms with van der Waals surface area (Å²) in [5.74, 6) is 2.00. The lowest BCUT2D eigenvalue weighted by Crippen LogP contribution is -2.02. The van der Waals surface area contributed by atoms with E-state index in [2.05, 4.69) is 15.9 Å². The number of Topliss-reactive ketones (excluding diaryl/α,β-unsaturated/α-hetero) is 1. The second-order valence-corrected chi connectivity index (χ2v) is 6.14. The Labute approximate surface area is 136 Å². The van der Waals surface area contributed by atoms with E-state index in [1.165, 1.54) is 11.8 Å². The molecule has 2 aromatic carbocycles. The first-order valence-electron chi connectivity index (χ1n) is 6.27. The zero-order valence-corrected chi connectivity index (χ0v) is 14.2. The molecule has 21 heavy (non-hydrogen) atoms. The zero-order valence-electron chi connectivity index (χ0n) is 11.8. The maximum atomic E-state index is 12.2. The molecular weight excluding hydrogens is 352 g/mol. The molecule has 0 aliphatic rings. The van der Waals surface area contributed by atoms with E-state index in [4.69, 9.17) is 9.47 Å². The number of hydrogen-bond acceptors (Lipinski definition) is 4. The third-order valence-corrected chi connectivity index (χ3v) is 4.53. The van der Waals surface area contributed by atoms with Gasteiger partial charge in [-0.1, -0.05) is 0 Å². The number of hydrogen-bond donors (Lipinski definition) is 0. The van der Waals surface area contributed by atoms with E-state index in [-0.39, 0.29) is 5.78 Å². The van der Waals surface area contributed by atoms with Crippen molar-refractivity contribution in [1.29, 1.82) is 0 Å². The molecule has 2 rings (SSSR count). The van der Waals surface area contributed by atoms with Gasteiger partial charge in [-0.05, 0) is 58.4 Å². The van der Waals surface area contributed by atoms with Crippen molar-refractivity contribution >= 4 is 33.5 Å². The molecule has 110 valence electrons. The Kier molecular flexibility index (Phi) is 5.70. The lowest BCUT2D eigenvalue weighted by Gasteiger charge is -2.06. The smallest absolute Gasteiger partial charge is 0.173 e. The molecule has 0 unspecified atom stereocenters. The molecule has 0 saturated heterocycles. The van der Waals surface area contributed by atoms with Crippen LogP contribution in [0.5, 0.6) is 11.5 Å². The maximum Gasteiger partial charge on any atom is 0.173 e. The fourth-order valence-corrected chi connectivity index (χ4v) is 3.08. The van der Waals surface area contributed by atoms with Crippen LogP contribution < -0.4 is 9.47 Å². The summed E-state index contributed by atoms with van der Waals surface area (Å²) in [4.78, 5) is 13.2. The fraction of sp³-hybridized carbons (Fsp3) is 0.188. The predicted molar refractivity (Wildman–Crippen MR) is 88.7 cm³/mol. The average Bonchev–Trinajstić information content (AvgIpc) is 2.53. The number of ketones is 1. The van der Waals surface area contributed by atoms with Gasteiger partial charge in [-0.2, -0.15) is 0 Å². The van der Waals surface area contributed by atoms with Crippen LogP contribution in [0.25, 0.3) is 0 Å². The van der Waals surface area contributed by atoms with Gasteiger partial charge in [0.25, 0.3) is 0 Å². The van der Waals surface area contributed by atoms with Crippen molar-refractivity contribution in [3.05, 3.63) is 52.5 Å². The van der Waals surface area contributed by atoms with Crippen LogP contribution in [0.15, 0.2) is 51.8 Å². The molecule has 2 aromatic rings. The van der Waals surface area contributed by atoms with Gasteiger partial charge in [-0.3, -0.25) is 4.79 Å². The summed E-state index contributed by atoms with van der Waals surface area (Å²) in [6.07, 6.45) is 0. The standard InChI is InChI=1S/C16H15BrO3S/c1-19-12-4-6-13(7-5-12)21-10-15(18)11-3-8-16(20-2)14(17)9-11/h3-9H,10H2,1-2H3. The molecule has 0 bridgehead atoms. The minimum absolute atomic E-state index is 0.0826. The van der Waals surface area contributed by atoms with Gasteiger partial charge in [0.15, 0.2) is 5.78 Å². The SMILES string of the molecule is COc1ccc(SCC(=O)c2ccc(OC)c(Br)c2)cc1.